The smallest absolute Gasteiger partial charge is 0.125 e. The average Bonchev–Trinajstić information content (AvgIpc) is 2.27. The number of benzene rings is 1. The molecule has 0 fully saturated rings. The molecule has 1 aromatic rings. The van der Waals surface area contributed by atoms with Gasteiger partial charge in [-0.25, -0.2) is 4.39 Å². The van der Waals surface area contributed by atoms with E-state index in [1.165, 1.54) is 6.07 Å². The van der Waals surface area contributed by atoms with E-state index >= 15 is 0 Å². The molecule has 0 bridgehead atoms. The molecule has 1 atom stereocenters. The Bertz CT molecular complexity index is 356. The fourth-order valence-corrected chi connectivity index (χ4v) is 2.79. The first kappa shape index (κ1) is 10.8. The van der Waals surface area contributed by atoms with Crippen molar-refractivity contribution < 1.29 is 4.39 Å². The van der Waals surface area contributed by atoms with Crippen molar-refractivity contribution in [3.63, 3.8) is 0 Å². The van der Waals surface area contributed by atoms with Crippen LogP contribution in [0.15, 0.2) is 23.1 Å². The van der Waals surface area contributed by atoms with Gasteiger partial charge in [0.05, 0.1) is 5.69 Å². The number of hydrogen-bond acceptors (Lipinski definition) is 3. The van der Waals surface area contributed by atoms with Crippen molar-refractivity contribution in [1.82, 2.24) is 0 Å². The highest BCUT2D eigenvalue weighted by molar-refractivity contribution is 7.99. The molecular formula is C11H15FN2S. The second kappa shape index (κ2) is 4.41. The molecule has 1 aromatic carbocycles. The Morgan fingerprint density at radius 2 is 2.40 bits per heavy atom. The molecule has 1 aliphatic rings. The van der Waals surface area contributed by atoms with Crippen LogP contribution < -0.4 is 10.6 Å². The number of nitrogens with zero attached hydrogens (tertiary/aromatic N) is 1. The minimum absolute atomic E-state index is 0.175. The molecule has 0 saturated carbocycles. The minimum atomic E-state index is -0.175. The van der Waals surface area contributed by atoms with Crippen molar-refractivity contribution >= 4 is 17.4 Å². The molecule has 2 nitrogen and oxygen atoms in total. The summed E-state index contributed by atoms with van der Waals surface area (Å²) in [5, 5.41) is 0. The first-order valence-corrected chi connectivity index (χ1v) is 6.10. The van der Waals surface area contributed by atoms with Crippen LogP contribution in [0.3, 0.4) is 0 Å². The summed E-state index contributed by atoms with van der Waals surface area (Å²) in [6.07, 6.45) is 0. The topological polar surface area (TPSA) is 29.3 Å². The second-order valence-electron chi connectivity index (χ2n) is 3.74. The predicted molar refractivity (Wildman–Crippen MR) is 63.0 cm³/mol. The lowest BCUT2D eigenvalue weighted by Crippen LogP contribution is -2.41. The van der Waals surface area contributed by atoms with E-state index in [1.54, 1.807) is 17.8 Å². The van der Waals surface area contributed by atoms with Gasteiger partial charge in [-0.3, -0.25) is 0 Å². The van der Waals surface area contributed by atoms with Crippen molar-refractivity contribution in [3.8, 4) is 0 Å². The summed E-state index contributed by atoms with van der Waals surface area (Å²) >= 11 is 1.78. The molecular weight excluding hydrogens is 211 g/mol. The zero-order valence-corrected chi connectivity index (χ0v) is 9.56. The SMILES string of the molecule is CC(CN)N1CCSc2ccc(F)cc21. The number of hydrogen-bond donors (Lipinski definition) is 1. The summed E-state index contributed by atoms with van der Waals surface area (Å²) in [6, 6.07) is 5.24. The Morgan fingerprint density at radius 1 is 1.60 bits per heavy atom. The van der Waals surface area contributed by atoms with Gasteiger partial charge in [0, 0.05) is 29.8 Å². The van der Waals surface area contributed by atoms with Gasteiger partial charge in [0.1, 0.15) is 5.82 Å². The third-order valence-corrected chi connectivity index (χ3v) is 3.74. The van der Waals surface area contributed by atoms with Crippen LogP contribution in [0.25, 0.3) is 0 Å². The van der Waals surface area contributed by atoms with Crippen LogP contribution >= 0.6 is 11.8 Å². The number of halogens is 1. The molecule has 0 saturated heterocycles. The molecule has 1 aliphatic heterocycles. The van der Waals surface area contributed by atoms with E-state index in [1.807, 2.05) is 6.07 Å². The number of nitrogens with two attached hydrogens (primary N) is 1. The highest BCUT2D eigenvalue weighted by Crippen LogP contribution is 2.35. The predicted octanol–water partition coefficient (Wildman–Crippen LogP) is 2.08. The van der Waals surface area contributed by atoms with Crippen molar-refractivity contribution in [1.29, 1.82) is 0 Å². The van der Waals surface area contributed by atoms with Crippen molar-refractivity contribution in [2.45, 2.75) is 17.9 Å². The maximum absolute atomic E-state index is 13.2. The molecule has 0 radical (unpaired) electrons. The van der Waals surface area contributed by atoms with Crippen molar-refractivity contribution in [2.75, 3.05) is 23.7 Å². The summed E-state index contributed by atoms with van der Waals surface area (Å²) < 4.78 is 13.2. The van der Waals surface area contributed by atoms with E-state index in [-0.39, 0.29) is 11.9 Å². The van der Waals surface area contributed by atoms with Gasteiger partial charge in [-0.15, -0.1) is 11.8 Å². The largest absolute Gasteiger partial charge is 0.366 e. The Hall–Kier alpha value is -0.740. The lowest BCUT2D eigenvalue weighted by Gasteiger charge is -2.35. The lowest BCUT2D eigenvalue weighted by atomic mass is 10.2. The second-order valence-corrected chi connectivity index (χ2v) is 4.88. The van der Waals surface area contributed by atoms with Gasteiger partial charge < -0.3 is 10.6 Å². The minimum Gasteiger partial charge on any atom is -0.366 e. The third kappa shape index (κ3) is 2.11. The number of rotatable bonds is 2. The first-order chi connectivity index (χ1) is 7.22. The van der Waals surface area contributed by atoms with E-state index < -0.39 is 0 Å². The average molecular weight is 226 g/mol. The van der Waals surface area contributed by atoms with Gasteiger partial charge in [0.15, 0.2) is 0 Å². The Labute approximate surface area is 93.6 Å². The van der Waals surface area contributed by atoms with Crippen LogP contribution in [0.4, 0.5) is 10.1 Å². The summed E-state index contributed by atoms with van der Waals surface area (Å²) in [6.45, 7) is 3.62. The zero-order chi connectivity index (χ0) is 10.8. The van der Waals surface area contributed by atoms with Gasteiger partial charge in [0.25, 0.3) is 0 Å². The summed E-state index contributed by atoms with van der Waals surface area (Å²) in [5.74, 6) is 0.869. The van der Waals surface area contributed by atoms with E-state index in [9.17, 15) is 4.39 Å². The molecule has 0 amide bonds. The van der Waals surface area contributed by atoms with Gasteiger partial charge >= 0.3 is 0 Å². The molecule has 2 rings (SSSR count). The normalized spacial score (nSPS) is 17.4. The van der Waals surface area contributed by atoms with Crippen LogP contribution in [-0.4, -0.2) is 24.9 Å². The highest BCUT2D eigenvalue weighted by Gasteiger charge is 2.21. The highest BCUT2D eigenvalue weighted by atomic mass is 32.2. The molecule has 82 valence electrons. The summed E-state index contributed by atoms with van der Waals surface area (Å²) in [4.78, 5) is 3.34. The number of anilines is 1. The van der Waals surface area contributed by atoms with E-state index in [4.69, 9.17) is 5.73 Å². The molecule has 0 aromatic heterocycles. The molecule has 1 heterocycles. The van der Waals surface area contributed by atoms with Crippen LogP contribution in [0.1, 0.15) is 6.92 Å². The van der Waals surface area contributed by atoms with Crippen LogP contribution in [-0.2, 0) is 0 Å². The Morgan fingerprint density at radius 3 is 3.13 bits per heavy atom. The fourth-order valence-electron chi connectivity index (χ4n) is 1.80. The van der Waals surface area contributed by atoms with Crippen molar-refractivity contribution in [3.05, 3.63) is 24.0 Å². The van der Waals surface area contributed by atoms with E-state index in [0.29, 0.717) is 6.54 Å². The maximum Gasteiger partial charge on any atom is 0.125 e. The van der Waals surface area contributed by atoms with Gasteiger partial charge in [0.2, 0.25) is 0 Å². The first-order valence-electron chi connectivity index (χ1n) is 5.11. The quantitative estimate of drug-likeness (QED) is 0.837. The molecule has 2 N–H and O–H groups in total. The molecule has 4 heteroatoms. The van der Waals surface area contributed by atoms with Gasteiger partial charge in [-0.05, 0) is 25.1 Å². The van der Waals surface area contributed by atoms with Crippen molar-refractivity contribution in [2.24, 2.45) is 5.73 Å². The third-order valence-electron chi connectivity index (χ3n) is 2.69. The van der Waals surface area contributed by atoms with Gasteiger partial charge in [-0.2, -0.15) is 0 Å². The molecule has 1 unspecified atom stereocenters. The summed E-state index contributed by atoms with van der Waals surface area (Å²) in [5.41, 5.74) is 6.65. The number of fused-ring (bicyclic) bond motifs is 1. The standard InChI is InChI=1S/C11H15FN2S/c1-8(7-13)14-4-5-15-11-3-2-9(12)6-10(11)14/h2-3,6,8H,4-5,7,13H2,1H3. The Balaban J connectivity index is 2.36. The number of thioether (sulfide) groups is 1. The fraction of sp³-hybridized carbons (Fsp3) is 0.455. The monoisotopic (exact) mass is 226 g/mol. The maximum atomic E-state index is 13.2. The van der Waals surface area contributed by atoms with Gasteiger partial charge in [-0.1, -0.05) is 0 Å². The van der Waals surface area contributed by atoms with E-state index in [0.717, 1.165) is 22.9 Å². The Kier molecular flexibility index (Phi) is 3.17. The van der Waals surface area contributed by atoms with Crippen LogP contribution in [0, 0.1) is 5.82 Å². The molecule has 0 spiro atoms. The van der Waals surface area contributed by atoms with E-state index in [2.05, 4.69) is 11.8 Å². The lowest BCUT2D eigenvalue weighted by molar-refractivity contribution is 0.615. The molecule has 0 aliphatic carbocycles. The van der Waals surface area contributed by atoms with Crippen LogP contribution in [0.2, 0.25) is 0 Å². The molecule has 15 heavy (non-hydrogen) atoms. The zero-order valence-electron chi connectivity index (χ0n) is 8.74. The summed E-state index contributed by atoms with van der Waals surface area (Å²) in [7, 11) is 0. The van der Waals surface area contributed by atoms with Crippen LogP contribution in [0.5, 0.6) is 0 Å².